The van der Waals surface area contributed by atoms with Crippen molar-refractivity contribution < 1.29 is 43.5 Å². The zero-order chi connectivity index (χ0) is 32.9. The first kappa shape index (κ1) is 34.6. The van der Waals surface area contributed by atoms with E-state index in [4.69, 9.17) is 18.9 Å². The number of rotatable bonds is 6. The molecule has 3 heterocycles. The van der Waals surface area contributed by atoms with Gasteiger partial charge in [0, 0.05) is 44.8 Å². The lowest BCUT2D eigenvalue weighted by Crippen LogP contribution is -2.38. The molecule has 256 valence electrons. The zero-order valence-electron chi connectivity index (χ0n) is 28.6. The Bertz CT molecular complexity index is 1020. The second-order valence-electron chi connectivity index (χ2n) is 15.8. The van der Waals surface area contributed by atoms with Gasteiger partial charge < -0.3 is 29.2 Å². The van der Waals surface area contributed by atoms with Crippen molar-refractivity contribution >= 4 is 17.9 Å². The predicted molar refractivity (Wildman–Crippen MR) is 166 cm³/mol. The maximum atomic E-state index is 11.4. The van der Waals surface area contributed by atoms with Gasteiger partial charge in [0.1, 0.15) is 0 Å². The average Bonchev–Trinajstić information content (AvgIpc) is 3.85. The van der Waals surface area contributed by atoms with Crippen LogP contribution in [0.2, 0.25) is 0 Å². The number of hydrogen-bond acceptors (Lipinski definition) is 9. The molecule has 0 spiro atoms. The van der Waals surface area contributed by atoms with E-state index in [9.17, 15) is 24.6 Å². The number of ether oxygens (including phenoxy) is 4. The molecule has 2 N–H and O–H groups in total. The van der Waals surface area contributed by atoms with Crippen LogP contribution >= 0.6 is 0 Å². The summed E-state index contributed by atoms with van der Waals surface area (Å²) in [6, 6.07) is 0. The van der Waals surface area contributed by atoms with Gasteiger partial charge in [-0.2, -0.15) is 0 Å². The summed E-state index contributed by atoms with van der Waals surface area (Å²) in [4.78, 5) is 33.4. The summed E-state index contributed by atoms with van der Waals surface area (Å²) in [6.45, 7) is 18.5. The molecule has 0 aromatic carbocycles. The zero-order valence-corrected chi connectivity index (χ0v) is 28.6. The first-order valence-corrected chi connectivity index (χ1v) is 17.6. The van der Waals surface area contributed by atoms with E-state index in [1.54, 1.807) is 0 Å². The Labute approximate surface area is 269 Å². The Balaban J connectivity index is 0.000000137. The Morgan fingerprint density at radius 1 is 0.644 bits per heavy atom. The summed E-state index contributed by atoms with van der Waals surface area (Å²) in [5.41, 5.74) is 0. The monoisotopic (exact) mass is 634 g/mol. The standard InChI is InChI=1S/C15H24O4.C11H20O2.C10H14O3/c1-8-9(2)13-5-12(8)14(6-18-10(3)16)15(13)7-19-11(4)17;1-6-7(2)9-3-8(6)10(4-12)11(9)5-13;1-4-5(2)9-7-6(8(4)13-9)3-12-10(7)11/h8-9,12-15H,5-7H2,1-4H3;6-13H,3-5H2,1-2H3;4-9H,3H2,1-2H3. The molecule has 4 aliphatic carbocycles. The van der Waals surface area contributed by atoms with Crippen LogP contribution in [0.1, 0.15) is 68.2 Å². The van der Waals surface area contributed by atoms with Crippen LogP contribution in [0, 0.1) is 94.7 Å². The minimum Gasteiger partial charge on any atom is -0.466 e. The number of esters is 3. The van der Waals surface area contributed by atoms with Crippen LogP contribution in [-0.4, -0.2) is 73.4 Å². The van der Waals surface area contributed by atoms with Gasteiger partial charge in [0.05, 0.1) is 37.9 Å². The second kappa shape index (κ2) is 13.8. The number of carbonyl (C=O) groups is 3. The lowest BCUT2D eigenvalue weighted by Gasteiger charge is -2.37. The van der Waals surface area contributed by atoms with Crippen LogP contribution in [0.4, 0.5) is 0 Å². The lowest BCUT2D eigenvalue weighted by atomic mass is 9.70. The molecular formula is C36H58O9. The number of aliphatic hydroxyl groups excluding tert-OH is 2. The smallest absolute Gasteiger partial charge is 0.312 e. The van der Waals surface area contributed by atoms with Crippen LogP contribution in [0.3, 0.4) is 0 Å². The molecule has 9 heteroatoms. The molecule has 18 atom stereocenters. The van der Waals surface area contributed by atoms with Crippen molar-refractivity contribution in [3.8, 4) is 0 Å². The second-order valence-corrected chi connectivity index (χ2v) is 15.8. The van der Waals surface area contributed by atoms with Gasteiger partial charge in [0.2, 0.25) is 0 Å². The normalized spacial score (nSPS) is 49.5. The van der Waals surface area contributed by atoms with Gasteiger partial charge >= 0.3 is 17.9 Å². The molecule has 9 nitrogen and oxygen atoms in total. The number of aliphatic hydroxyl groups is 2. The quantitative estimate of drug-likeness (QED) is 0.326. The van der Waals surface area contributed by atoms with Gasteiger partial charge in [-0.3, -0.25) is 14.4 Å². The Kier molecular flexibility index (Phi) is 10.6. The van der Waals surface area contributed by atoms with E-state index in [1.807, 2.05) is 0 Å². The van der Waals surface area contributed by atoms with Crippen LogP contribution in [0.5, 0.6) is 0 Å². The largest absolute Gasteiger partial charge is 0.466 e. The molecule has 0 radical (unpaired) electrons. The summed E-state index contributed by atoms with van der Waals surface area (Å²) in [7, 11) is 0. The highest BCUT2D eigenvalue weighted by atomic mass is 16.6. The predicted octanol–water partition coefficient (Wildman–Crippen LogP) is 4.22. The van der Waals surface area contributed by atoms with E-state index >= 15 is 0 Å². The number of carbonyl (C=O) groups excluding carboxylic acids is 3. The van der Waals surface area contributed by atoms with Gasteiger partial charge in [-0.15, -0.1) is 0 Å². The van der Waals surface area contributed by atoms with Crippen molar-refractivity contribution in [1.29, 1.82) is 0 Å². The van der Waals surface area contributed by atoms with E-state index in [1.165, 1.54) is 26.7 Å². The Morgan fingerprint density at radius 2 is 1.04 bits per heavy atom. The Morgan fingerprint density at radius 3 is 1.44 bits per heavy atom. The Hall–Kier alpha value is -1.71. The molecule has 6 bridgehead atoms. The first-order chi connectivity index (χ1) is 21.3. The van der Waals surface area contributed by atoms with Gasteiger partial charge in [-0.25, -0.2) is 0 Å². The summed E-state index contributed by atoms with van der Waals surface area (Å²) in [5.74, 6) is 7.80. The third kappa shape index (κ3) is 6.19. The molecule has 7 fully saturated rings. The maximum Gasteiger partial charge on any atom is 0.312 e. The molecule has 7 rings (SSSR count). The number of hydrogen-bond donors (Lipinski definition) is 2. The van der Waals surface area contributed by atoms with Crippen LogP contribution in [0.25, 0.3) is 0 Å². The van der Waals surface area contributed by atoms with E-state index in [-0.39, 0.29) is 49.2 Å². The van der Waals surface area contributed by atoms with Crippen molar-refractivity contribution in [2.45, 2.75) is 80.4 Å². The fourth-order valence-corrected chi connectivity index (χ4v) is 11.2. The first-order valence-electron chi connectivity index (χ1n) is 17.6. The molecule has 0 aromatic rings. The van der Waals surface area contributed by atoms with Crippen molar-refractivity contribution in [2.24, 2.45) is 94.7 Å². The minimum atomic E-state index is -0.227. The fraction of sp³-hybridized carbons (Fsp3) is 0.917. The van der Waals surface area contributed by atoms with E-state index in [2.05, 4.69) is 41.5 Å². The van der Waals surface area contributed by atoms with Crippen LogP contribution in [-0.2, 0) is 33.3 Å². The van der Waals surface area contributed by atoms with Crippen LogP contribution < -0.4 is 0 Å². The van der Waals surface area contributed by atoms with Gasteiger partial charge in [-0.1, -0.05) is 41.5 Å². The van der Waals surface area contributed by atoms with E-state index < -0.39 is 0 Å². The topological polar surface area (TPSA) is 129 Å². The van der Waals surface area contributed by atoms with E-state index in [0.717, 1.165) is 11.8 Å². The van der Waals surface area contributed by atoms with Gasteiger partial charge in [-0.05, 0) is 83.9 Å². The van der Waals surface area contributed by atoms with Gasteiger partial charge in [0.25, 0.3) is 0 Å². The lowest BCUT2D eigenvalue weighted by molar-refractivity contribution is -0.149. The van der Waals surface area contributed by atoms with E-state index in [0.29, 0.717) is 96.8 Å². The highest BCUT2D eigenvalue weighted by Gasteiger charge is 2.62. The molecular weight excluding hydrogens is 576 g/mol. The highest BCUT2D eigenvalue weighted by Crippen LogP contribution is 2.59. The molecule has 4 saturated carbocycles. The molecule has 0 aromatic heterocycles. The summed E-state index contributed by atoms with van der Waals surface area (Å²) >= 11 is 0. The van der Waals surface area contributed by atoms with Crippen molar-refractivity contribution in [3.63, 3.8) is 0 Å². The van der Waals surface area contributed by atoms with Crippen molar-refractivity contribution in [3.05, 3.63) is 0 Å². The SMILES string of the molecule is CC(=O)OCC1C2CC(C(C)C2C)C1COC(C)=O.CC1C(C)C2CC1C(CO)C2CO.CC1C(C)C2OC1C1COC(=O)C12. The third-order valence-corrected chi connectivity index (χ3v) is 14.2. The molecule has 3 aliphatic heterocycles. The summed E-state index contributed by atoms with van der Waals surface area (Å²) in [6.07, 6.45) is 2.83. The maximum absolute atomic E-state index is 11.4. The minimum absolute atomic E-state index is 0.0312. The average molecular weight is 635 g/mol. The van der Waals surface area contributed by atoms with Gasteiger partial charge in [0.15, 0.2) is 0 Å². The molecule has 7 aliphatic rings. The van der Waals surface area contributed by atoms with Crippen molar-refractivity contribution in [2.75, 3.05) is 33.0 Å². The van der Waals surface area contributed by atoms with Crippen LogP contribution in [0.15, 0.2) is 0 Å². The fourth-order valence-electron chi connectivity index (χ4n) is 11.2. The number of fused-ring (bicyclic) bond motifs is 9. The summed E-state index contributed by atoms with van der Waals surface area (Å²) < 4.78 is 21.4. The molecule has 3 saturated heterocycles. The summed E-state index contributed by atoms with van der Waals surface area (Å²) in [5, 5.41) is 18.6. The third-order valence-electron chi connectivity index (χ3n) is 14.2. The number of cyclic esters (lactones) is 1. The van der Waals surface area contributed by atoms with Crippen molar-refractivity contribution in [1.82, 2.24) is 0 Å². The molecule has 0 amide bonds. The molecule has 18 unspecified atom stereocenters. The highest BCUT2D eigenvalue weighted by molar-refractivity contribution is 5.76. The molecule has 45 heavy (non-hydrogen) atoms.